The highest BCUT2D eigenvalue weighted by molar-refractivity contribution is 9.09. The van der Waals surface area contributed by atoms with Gasteiger partial charge >= 0.3 is 0 Å². The Morgan fingerprint density at radius 1 is 1.23 bits per heavy atom. The fourth-order valence-electron chi connectivity index (χ4n) is 1.22. The van der Waals surface area contributed by atoms with E-state index in [1.165, 1.54) is 5.19 Å². The third-order valence-electron chi connectivity index (χ3n) is 2.01. The van der Waals surface area contributed by atoms with E-state index in [4.69, 9.17) is 4.43 Å². The molecular formula is C10H15BrOSi. The van der Waals surface area contributed by atoms with Gasteiger partial charge in [-0.25, -0.2) is 0 Å². The van der Waals surface area contributed by atoms with Crippen molar-refractivity contribution in [2.24, 2.45) is 0 Å². The molecule has 0 saturated heterocycles. The molecule has 72 valence electrons. The van der Waals surface area contributed by atoms with Crippen LogP contribution in [0.1, 0.15) is 0 Å². The number of rotatable bonds is 4. The minimum atomic E-state index is -1.63. The Hall–Kier alpha value is -0.123. The average Bonchev–Trinajstić information content (AvgIpc) is 2.16. The van der Waals surface area contributed by atoms with Crippen molar-refractivity contribution in [1.82, 2.24) is 0 Å². The standard InChI is InChI=1S/C10H15BrOSi/c1-13(2,12-9-8-11)10-6-4-3-5-7-10/h3-7H,8-9H2,1-2H3. The number of alkyl halides is 1. The predicted octanol–water partition coefficient (Wildman–Crippen LogP) is 2.51. The van der Waals surface area contributed by atoms with Gasteiger partial charge in [0, 0.05) is 11.9 Å². The van der Waals surface area contributed by atoms with E-state index in [9.17, 15) is 0 Å². The number of benzene rings is 1. The van der Waals surface area contributed by atoms with Crippen LogP contribution in [-0.4, -0.2) is 20.3 Å². The third kappa shape index (κ3) is 3.25. The summed E-state index contributed by atoms with van der Waals surface area (Å²) >= 11 is 3.37. The molecule has 0 aliphatic heterocycles. The van der Waals surface area contributed by atoms with Crippen molar-refractivity contribution < 1.29 is 4.43 Å². The molecule has 0 N–H and O–H groups in total. The Bertz CT molecular complexity index is 248. The summed E-state index contributed by atoms with van der Waals surface area (Å²) in [5, 5.41) is 2.27. The van der Waals surface area contributed by atoms with Gasteiger partial charge in [0.05, 0.1) is 0 Å². The first kappa shape index (κ1) is 11.0. The number of hydrogen-bond acceptors (Lipinski definition) is 1. The number of halogens is 1. The van der Waals surface area contributed by atoms with Crippen molar-refractivity contribution in [3.05, 3.63) is 30.3 Å². The molecule has 3 heteroatoms. The molecule has 0 unspecified atom stereocenters. The zero-order valence-corrected chi connectivity index (χ0v) is 10.7. The normalized spacial score (nSPS) is 11.6. The molecule has 0 amide bonds. The molecule has 1 aromatic rings. The van der Waals surface area contributed by atoms with Crippen LogP contribution >= 0.6 is 15.9 Å². The van der Waals surface area contributed by atoms with Crippen LogP contribution < -0.4 is 5.19 Å². The lowest BCUT2D eigenvalue weighted by Gasteiger charge is -2.22. The van der Waals surface area contributed by atoms with E-state index in [-0.39, 0.29) is 0 Å². The Labute approximate surface area is 89.4 Å². The molecule has 1 nitrogen and oxygen atoms in total. The second-order valence-corrected chi connectivity index (χ2v) is 8.09. The Morgan fingerprint density at radius 3 is 2.38 bits per heavy atom. The van der Waals surface area contributed by atoms with Gasteiger partial charge in [-0.05, 0) is 18.3 Å². The summed E-state index contributed by atoms with van der Waals surface area (Å²) in [5.74, 6) is 0. The van der Waals surface area contributed by atoms with Crippen molar-refractivity contribution in [3.8, 4) is 0 Å². The molecule has 0 fully saturated rings. The molecule has 0 aliphatic carbocycles. The van der Waals surface area contributed by atoms with Crippen molar-refractivity contribution in [2.45, 2.75) is 13.1 Å². The first-order chi connectivity index (χ1) is 6.17. The van der Waals surface area contributed by atoms with Crippen molar-refractivity contribution in [1.29, 1.82) is 0 Å². The van der Waals surface area contributed by atoms with Crippen LogP contribution in [0.3, 0.4) is 0 Å². The summed E-state index contributed by atoms with van der Waals surface area (Å²) in [5.41, 5.74) is 0. The van der Waals surface area contributed by atoms with E-state index in [2.05, 4.69) is 53.3 Å². The molecular weight excluding hydrogens is 244 g/mol. The van der Waals surface area contributed by atoms with Crippen molar-refractivity contribution in [3.63, 3.8) is 0 Å². The van der Waals surface area contributed by atoms with E-state index in [0.717, 1.165) is 11.9 Å². The first-order valence-corrected chi connectivity index (χ1v) is 8.45. The fraction of sp³-hybridized carbons (Fsp3) is 0.400. The first-order valence-electron chi connectivity index (χ1n) is 4.42. The second kappa shape index (κ2) is 4.93. The molecule has 0 aromatic heterocycles. The molecule has 0 atom stereocenters. The van der Waals surface area contributed by atoms with Gasteiger partial charge in [0.1, 0.15) is 0 Å². The van der Waals surface area contributed by atoms with Gasteiger partial charge in [-0.2, -0.15) is 0 Å². The van der Waals surface area contributed by atoms with E-state index in [0.29, 0.717) is 0 Å². The summed E-state index contributed by atoms with van der Waals surface area (Å²) < 4.78 is 5.86. The Morgan fingerprint density at radius 2 is 1.85 bits per heavy atom. The lowest BCUT2D eigenvalue weighted by molar-refractivity contribution is 0.344. The molecule has 13 heavy (non-hydrogen) atoms. The van der Waals surface area contributed by atoms with Crippen molar-refractivity contribution in [2.75, 3.05) is 11.9 Å². The summed E-state index contributed by atoms with van der Waals surface area (Å²) in [4.78, 5) is 0. The topological polar surface area (TPSA) is 9.23 Å². The van der Waals surface area contributed by atoms with E-state index < -0.39 is 8.32 Å². The molecule has 0 spiro atoms. The summed E-state index contributed by atoms with van der Waals surface area (Å²) in [6.45, 7) is 5.25. The maximum Gasteiger partial charge on any atom is 0.218 e. The molecule has 0 radical (unpaired) electrons. The molecule has 0 bridgehead atoms. The van der Waals surface area contributed by atoms with Crippen LogP contribution in [0.5, 0.6) is 0 Å². The van der Waals surface area contributed by atoms with Crippen LogP contribution in [0.2, 0.25) is 13.1 Å². The third-order valence-corrected chi connectivity index (χ3v) is 4.98. The second-order valence-electron chi connectivity index (χ2n) is 3.41. The lowest BCUT2D eigenvalue weighted by atomic mass is 10.4. The van der Waals surface area contributed by atoms with Crippen LogP contribution in [0.25, 0.3) is 0 Å². The molecule has 1 rings (SSSR count). The monoisotopic (exact) mass is 258 g/mol. The van der Waals surface area contributed by atoms with E-state index in [1.54, 1.807) is 0 Å². The zero-order chi connectivity index (χ0) is 9.73. The highest BCUT2D eigenvalue weighted by Gasteiger charge is 2.24. The zero-order valence-electron chi connectivity index (χ0n) is 8.09. The van der Waals surface area contributed by atoms with Crippen LogP contribution in [0.15, 0.2) is 30.3 Å². The van der Waals surface area contributed by atoms with Gasteiger partial charge in [0.25, 0.3) is 0 Å². The van der Waals surface area contributed by atoms with Crippen molar-refractivity contribution >= 4 is 29.4 Å². The minimum absolute atomic E-state index is 0.800. The van der Waals surface area contributed by atoms with Gasteiger partial charge in [0.2, 0.25) is 8.32 Å². The molecule has 0 aliphatic rings. The predicted molar refractivity (Wildman–Crippen MR) is 63.3 cm³/mol. The maximum absolute atomic E-state index is 5.86. The maximum atomic E-state index is 5.86. The van der Waals surface area contributed by atoms with E-state index >= 15 is 0 Å². The lowest BCUT2D eigenvalue weighted by Crippen LogP contribution is -2.45. The summed E-state index contributed by atoms with van der Waals surface area (Å²) in [7, 11) is -1.63. The molecule has 0 heterocycles. The average molecular weight is 259 g/mol. The Kier molecular flexibility index (Phi) is 4.16. The van der Waals surface area contributed by atoms with Gasteiger partial charge < -0.3 is 4.43 Å². The molecule has 0 saturated carbocycles. The molecule has 1 aromatic carbocycles. The largest absolute Gasteiger partial charge is 0.412 e. The highest BCUT2D eigenvalue weighted by Crippen LogP contribution is 2.05. The summed E-state index contributed by atoms with van der Waals surface area (Å²) in [6, 6.07) is 10.5. The quantitative estimate of drug-likeness (QED) is 0.596. The van der Waals surface area contributed by atoms with Crippen LogP contribution in [-0.2, 0) is 4.43 Å². The fourth-order valence-corrected chi connectivity index (χ4v) is 3.45. The highest BCUT2D eigenvalue weighted by atomic mass is 79.9. The van der Waals surface area contributed by atoms with Crippen LogP contribution in [0, 0.1) is 0 Å². The number of hydrogen-bond donors (Lipinski definition) is 0. The smallest absolute Gasteiger partial charge is 0.218 e. The van der Waals surface area contributed by atoms with E-state index in [1.807, 2.05) is 6.07 Å². The SMILES string of the molecule is C[Si](C)(OCCBr)c1ccccc1. The van der Waals surface area contributed by atoms with Gasteiger partial charge in [0.15, 0.2) is 0 Å². The van der Waals surface area contributed by atoms with Gasteiger partial charge in [-0.1, -0.05) is 46.3 Å². The summed E-state index contributed by atoms with van der Waals surface area (Å²) in [6.07, 6.45) is 0. The minimum Gasteiger partial charge on any atom is -0.412 e. The van der Waals surface area contributed by atoms with Crippen LogP contribution in [0.4, 0.5) is 0 Å². The Balaban J connectivity index is 2.69. The van der Waals surface area contributed by atoms with Gasteiger partial charge in [-0.3, -0.25) is 0 Å². The van der Waals surface area contributed by atoms with Gasteiger partial charge in [-0.15, -0.1) is 0 Å².